The van der Waals surface area contributed by atoms with E-state index in [1.807, 2.05) is 30.3 Å². The third-order valence-electron chi connectivity index (χ3n) is 3.17. The van der Waals surface area contributed by atoms with Gasteiger partial charge in [0.1, 0.15) is 11.3 Å². The molecule has 0 saturated carbocycles. The first-order chi connectivity index (χ1) is 10.3. The second kappa shape index (κ2) is 6.06. The maximum atomic E-state index is 11.7. The van der Waals surface area contributed by atoms with Crippen molar-refractivity contribution in [3.63, 3.8) is 0 Å². The number of hydrogen-bond donors (Lipinski definition) is 0. The summed E-state index contributed by atoms with van der Waals surface area (Å²) in [5.41, 5.74) is 1.20. The summed E-state index contributed by atoms with van der Waals surface area (Å²) in [6.45, 7) is 0. The normalized spacial score (nSPS) is 10.7. The zero-order valence-corrected chi connectivity index (χ0v) is 12.4. The predicted molar refractivity (Wildman–Crippen MR) is 85.0 cm³/mol. The Labute approximate surface area is 126 Å². The number of hydrogen-bond acceptors (Lipinski definition) is 4. The maximum absolute atomic E-state index is 11.7. The summed E-state index contributed by atoms with van der Waals surface area (Å²) in [5.74, 6) is 1.40. The van der Waals surface area contributed by atoms with Gasteiger partial charge in [0.25, 0.3) is 0 Å². The Morgan fingerprint density at radius 3 is 2.67 bits per heavy atom. The van der Waals surface area contributed by atoms with Crippen molar-refractivity contribution < 1.29 is 9.15 Å². The van der Waals surface area contributed by atoms with Crippen molar-refractivity contribution in [3.8, 4) is 5.75 Å². The average Bonchev–Trinajstić information content (AvgIpc) is 2.52. The lowest BCUT2D eigenvalue weighted by Gasteiger charge is -2.07. The third kappa shape index (κ3) is 3.11. The quantitative estimate of drug-likeness (QED) is 0.537. The second-order valence-corrected chi connectivity index (χ2v) is 5.60. The first kappa shape index (κ1) is 13.8. The minimum atomic E-state index is -0.334. The van der Waals surface area contributed by atoms with Crippen LogP contribution in [-0.2, 0) is 5.75 Å². The molecule has 0 bridgehead atoms. The van der Waals surface area contributed by atoms with Crippen LogP contribution in [0.4, 0.5) is 0 Å². The Kier molecular flexibility index (Phi) is 3.97. The van der Waals surface area contributed by atoms with Gasteiger partial charge < -0.3 is 9.15 Å². The van der Waals surface area contributed by atoms with Gasteiger partial charge in [-0.2, -0.15) is 0 Å². The van der Waals surface area contributed by atoms with Gasteiger partial charge in [0, 0.05) is 28.2 Å². The fourth-order valence-corrected chi connectivity index (χ4v) is 3.05. The molecule has 0 aliphatic rings. The number of thioether (sulfide) groups is 1. The monoisotopic (exact) mass is 298 g/mol. The zero-order valence-electron chi connectivity index (χ0n) is 11.5. The Balaban J connectivity index is 1.96. The van der Waals surface area contributed by atoms with Gasteiger partial charge in [0.05, 0.1) is 7.11 Å². The molecule has 0 atom stereocenters. The van der Waals surface area contributed by atoms with Gasteiger partial charge in [0.15, 0.2) is 0 Å². The van der Waals surface area contributed by atoms with Gasteiger partial charge in [-0.1, -0.05) is 18.2 Å². The smallest absolute Gasteiger partial charge is 0.336 e. The number of fused-ring (bicyclic) bond motifs is 1. The van der Waals surface area contributed by atoms with Crippen molar-refractivity contribution in [2.24, 2.45) is 0 Å². The van der Waals surface area contributed by atoms with Crippen molar-refractivity contribution >= 4 is 22.7 Å². The van der Waals surface area contributed by atoms with Crippen molar-refractivity contribution in [1.82, 2.24) is 0 Å². The summed E-state index contributed by atoms with van der Waals surface area (Å²) in [4.78, 5) is 12.9. The molecule has 0 spiro atoms. The van der Waals surface area contributed by atoms with Crippen LogP contribution in [0.1, 0.15) is 5.56 Å². The highest BCUT2D eigenvalue weighted by molar-refractivity contribution is 7.98. The van der Waals surface area contributed by atoms with Crippen LogP contribution in [0, 0.1) is 0 Å². The highest BCUT2D eigenvalue weighted by Crippen LogP contribution is 2.28. The molecule has 0 amide bonds. The Hall–Kier alpha value is -2.20. The number of ether oxygens (including phenoxy) is 1. The van der Waals surface area contributed by atoms with Gasteiger partial charge in [-0.25, -0.2) is 4.79 Å². The second-order valence-electron chi connectivity index (χ2n) is 4.55. The minimum absolute atomic E-state index is 0.334. The molecular formula is C17H14O3S. The van der Waals surface area contributed by atoms with Gasteiger partial charge in [-0.15, -0.1) is 11.8 Å². The molecule has 3 rings (SSSR count). The third-order valence-corrected chi connectivity index (χ3v) is 4.24. The van der Waals surface area contributed by atoms with Gasteiger partial charge >= 0.3 is 5.63 Å². The number of methoxy groups -OCH3 is 1. The molecule has 0 radical (unpaired) electrons. The van der Waals surface area contributed by atoms with Gasteiger partial charge in [0.2, 0.25) is 0 Å². The molecule has 106 valence electrons. The van der Waals surface area contributed by atoms with E-state index in [9.17, 15) is 4.79 Å². The zero-order chi connectivity index (χ0) is 14.7. The Bertz CT molecular complexity index is 809. The fourth-order valence-electron chi connectivity index (χ4n) is 2.13. The van der Waals surface area contributed by atoms with E-state index in [1.165, 1.54) is 4.90 Å². The van der Waals surface area contributed by atoms with E-state index in [1.54, 1.807) is 31.0 Å². The van der Waals surface area contributed by atoms with Crippen molar-refractivity contribution in [3.05, 3.63) is 70.6 Å². The van der Waals surface area contributed by atoms with Crippen molar-refractivity contribution in [2.45, 2.75) is 10.6 Å². The van der Waals surface area contributed by atoms with Crippen LogP contribution in [0.3, 0.4) is 0 Å². The molecule has 21 heavy (non-hydrogen) atoms. The number of benzene rings is 2. The summed E-state index contributed by atoms with van der Waals surface area (Å²) in [6.07, 6.45) is 0. The highest BCUT2D eigenvalue weighted by atomic mass is 32.2. The molecule has 0 fully saturated rings. The van der Waals surface area contributed by atoms with Gasteiger partial charge in [-0.3, -0.25) is 0 Å². The van der Waals surface area contributed by atoms with Crippen molar-refractivity contribution in [2.75, 3.05) is 7.11 Å². The predicted octanol–water partition coefficient (Wildman–Crippen LogP) is 4.09. The molecule has 1 aromatic heterocycles. The molecule has 0 unspecified atom stereocenters. The summed E-state index contributed by atoms with van der Waals surface area (Å²) in [5, 5.41) is 0.943. The molecule has 0 saturated heterocycles. The van der Waals surface area contributed by atoms with E-state index >= 15 is 0 Å². The van der Waals surface area contributed by atoms with Crippen molar-refractivity contribution in [1.29, 1.82) is 0 Å². The van der Waals surface area contributed by atoms with Crippen LogP contribution >= 0.6 is 11.8 Å². The molecule has 4 heteroatoms. The molecule has 1 heterocycles. The SMILES string of the molecule is COc1ccc2c(CSc3ccccc3)cc(=O)oc2c1. The van der Waals surface area contributed by atoms with Crippen LogP contribution in [0.25, 0.3) is 11.0 Å². The van der Waals surface area contributed by atoms with Crippen LogP contribution in [-0.4, -0.2) is 7.11 Å². The Morgan fingerprint density at radius 2 is 1.90 bits per heavy atom. The first-order valence-corrected chi connectivity index (χ1v) is 7.53. The summed E-state index contributed by atoms with van der Waals surface area (Å²) in [7, 11) is 1.59. The van der Waals surface area contributed by atoms with E-state index in [4.69, 9.17) is 9.15 Å². The standard InChI is InChI=1S/C17H14O3S/c1-19-13-7-8-15-12(9-17(18)20-16(15)10-13)11-21-14-5-3-2-4-6-14/h2-10H,11H2,1H3. The van der Waals surface area contributed by atoms with Crippen LogP contribution in [0.2, 0.25) is 0 Å². The van der Waals surface area contributed by atoms with Crippen LogP contribution in [0.5, 0.6) is 5.75 Å². The Morgan fingerprint density at radius 1 is 1.10 bits per heavy atom. The van der Waals surface area contributed by atoms with Crippen LogP contribution in [0.15, 0.2) is 68.7 Å². The summed E-state index contributed by atoms with van der Waals surface area (Å²) >= 11 is 1.70. The van der Waals surface area contributed by atoms with E-state index < -0.39 is 0 Å². The largest absolute Gasteiger partial charge is 0.497 e. The lowest BCUT2D eigenvalue weighted by Crippen LogP contribution is -2.00. The molecule has 0 N–H and O–H groups in total. The lowest BCUT2D eigenvalue weighted by molar-refractivity contribution is 0.414. The van der Waals surface area contributed by atoms with Gasteiger partial charge in [-0.05, 0) is 29.8 Å². The maximum Gasteiger partial charge on any atom is 0.336 e. The molecular weight excluding hydrogens is 284 g/mol. The summed E-state index contributed by atoms with van der Waals surface area (Å²) < 4.78 is 10.4. The van der Waals surface area contributed by atoms with E-state index in [-0.39, 0.29) is 5.63 Å². The summed E-state index contributed by atoms with van der Waals surface area (Å²) in [6, 6.07) is 17.2. The molecule has 0 aliphatic heterocycles. The first-order valence-electron chi connectivity index (χ1n) is 6.55. The van der Waals surface area contributed by atoms with E-state index in [2.05, 4.69) is 12.1 Å². The van der Waals surface area contributed by atoms with Crippen LogP contribution < -0.4 is 10.4 Å². The van der Waals surface area contributed by atoms with E-state index in [0.29, 0.717) is 11.3 Å². The fraction of sp³-hybridized carbons (Fsp3) is 0.118. The number of rotatable bonds is 4. The molecule has 3 nitrogen and oxygen atoms in total. The molecule has 0 aliphatic carbocycles. The topological polar surface area (TPSA) is 39.4 Å². The highest BCUT2D eigenvalue weighted by Gasteiger charge is 2.07. The molecule has 3 aromatic rings. The minimum Gasteiger partial charge on any atom is -0.497 e. The average molecular weight is 298 g/mol. The van der Waals surface area contributed by atoms with E-state index in [0.717, 1.165) is 16.7 Å². The lowest BCUT2D eigenvalue weighted by atomic mass is 10.1. The molecule has 2 aromatic carbocycles.